The number of rotatable bonds is 5. The molecule has 2 aromatic carbocycles. The third-order valence-corrected chi connectivity index (χ3v) is 4.43. The van der Waals surface area contributed by atoms with Crippen molar-refractivity contribution in [3.8, 4) is 0 Å². The smallest absolute Gasteiger partial charge is 0.249 e. The van der Waals surface area contributed by atoms with Crippen molar-refractivity contribution in [3.05, 3.63) is 59.8 Å². The lowest BCUT2D eigenvalue weighted by Crippen LogP contribution is -2.36. The molecule has 138 valence electrons. The lowest BCUT2D eigenvalue weighted by atomic mass is 10.2. The van der Waals surface area contributed by atoms with Gasteiger partial charge in [-0.05, 0) is 36.4 Å². The first-order valence-electron chi connectivity index (χ1n) is 8.69. The molecule has 3 aromatic rings. The zero-order valence-electron chi connectivity index (χ0n) is 14.6. The minimum Gasteiger partial charge on any atom is -0.378 e. The standard InChI is InChI=1S/C19H19ClN6O/c20-14-5-7-15(8-6-14)22-18-13-21-25-19(24-18)23-16-3-1-2-4-17(16)26-9-11-27-12-10-26/h1-8,13H,9-12H2,(H2,22,23,24,25). The molecule has 0 unspecified atom stereocenters. The topological polar surface area (TPSA) is 75.2 Å². The molecule has 0 radical (unpaired) electrons. The van der Waals surface area contributed by atoms with Crippen LogP contribution in [0.2, 0.25) is 5.02 Å². The summed E-state index contributed by atoms with van der Waals surface area (Å²) >= 11 is 5.92. The second-order valence-electron chi connectivity index (χ2n) is 6.04. The number of nitrogens with zero attached hydrogens (tertiary/aromatic N) is 4. The SMILES string of the molecule is Clc1ccc(Nc2cnnc(Nc3ccccc3N3CCOCC3)n2)cc1. The average Bonchev–Trinajstić information content (AvgIpc) is 2.71. The number of hydrogen-bond acceptors (Lipinski definition) is 7. The summed E-state index contributed by atoms with van der Waals surface area (Å²) in [5.41, 5.74) is 2.91. The lowest BCUT2D eigenvalue weighted by Gasteiger charge is -2.30. The number of halogens is 1. The summed E-state index contributed by atoms with van der Waals surface area (Å²) in [5, 5.41) is 15.3. The Balaban J connectivity index is 1.52. The Bertz CT molecular complexity index is 899. The van der Waals surface area contributed by atoms with E-state index in [1.807, 2.05) is 42.5 Å². The van der Waals surface area contributed by atoms with Crippen LogP contribution in [0.15, 0.2) is 54.7 Å². The van der Waals surface area contributed by atoms with Crippen molar-refractivity contribution < 1.29 is 4.74 Å². The Hall–Kier alpha value is -2.90. The van der Waals surface area contributed by atoms with Crippen LogP contribution in [0, 0.1) is 0 Å². The van der Waals surface area contributed by atoms with E-state index in [1.165, 1.54) is 0 Å². The number of ether oxygens (including phenoxy) is 1. The van der Waals surface area contributed by atoms with Crippen LogP contribution in [-0.2, 0) is 4.74 Å². The Morgan fingerprint density at radius 1 is 0.963 bits per heavy atom. The first-order valence-corrected chi connectivity index (χ1v) is 9.07. The van der Waals surface area contributed by atoms with Crippen molar-refractivity contribution in [3.63, 3.8) is 0 Å². The highest BCUT2D eigenvalue weighted by molar-refractivity contribution is 6.30. The Kier molecular flexibility index (Phi) is 5.32. The van der Waals surface area contributed by atoms with E-state index in [0.29, 0.717) is 16.8 Å². The van der Waals surface area contributed by atoms with Crippen LogP contribution in [0.3, 0.4) is 0 Å². The fraction of sp³-hybridized carbons (Fsp3) is 0.211. The molecule has 4 rings (SSSR count). The predicted molar refractivity (Wildman–Crippen MR) is 107 cm³/mol. The third kappa shape index (κ3) is 4.45. The van der Waals surface area contributed by atoms with Gasteiger partial charge >= 0.3 is 0 Å². The van der Waals surface area contributed by atoms with Gasteiger partial charge in [0.1, 0.15) is 0 Å². The molecule has 1 fully saturated rings. The molecular weight excluding hydrogens is 364 g/mol. The number of aromatic nitrogens is 3. The molecule has 0 saturated carbocycles. The molecule has 0 aliphatic carbocycles. The number of nitrogens with one attached hydrogen (secondary N) is 2. The van der Waals surface area contributed by atoms with Crippen LogP contribution in [-0.4, -0.2) is 41.5 Å². The number of hydrogen-bond donors (Lipinski definition) is 2. The molecule has 2 heterocycles. The Morgan fingerprint density at radius 3 is 2.56 bits per heavy atom. The molecule has 1 saturated heterocycles. The summed E-state index contributed by atoms with van der Waals surface area (Å²) in [6, 6.07) is 15.5. The van der Waals surface area contributed by atoms with E-state index in [9.17, 15) is 0 Å². The van der Waals surface area contributed by atoms with Gasteiger partial charge in [0.25, 0.3) is 0 Å². The summed E-state index contributed by atoms with van der Waals surface area (Å²) in [6.45, 7) is 3.17. The van der Waals surface area contributed by atoms with Gasteiger partial charge in [0.05, 0.1) is 30.8 Å². The molecule has 0 amide bonds. The van der Waals surface area contributed by atoms with Gasteiger partial charge < -0.3 is 20.3 Å². The Morgan fingerprint density at radius 2 is 1.74 bits per heavy atom. The van der Waals surface area contributed by atoms with Crippen LogP contribution in [0.5, 0.6) is 0 Å². The van der Waals surface area contributed by atoms with Gasteiger partial charge in [0.2, 0.25) is 5.95 Å². The third-order valence-electron chi connectivity index (χ3n) is 4.18. The number of morpholine rings is 1. The van der Waals surface area contributed by atoms with E-state index in [-0.39, 0.29) is 0 Å². The maximum absolute atomic E-state index is 5.92. The number of benzene rings is 2. The number of anilines is 5. The molecule has 2 N–H and O–H groups in total. The highest BCUT2D eigenvalue weighted by Crippen LogP contribution is 2.28. The molecule has 0 bridgehead atoms. The van der Waals surface area contributed by atoms with Gasteiger partial charge in [-0.3, -0.25) is 0 Å². The zero-order chi connectivity index (χ0) is 18.5. The van der Waals surface area contributed by atoms with Gasteiger partial charge in [0.15, 0.2) is 5.82 Å². The normalized spacial score (nSPS) is 14.0. The van der Waals surface area contributed by atoms with Crippen molar-refractivity contribution in [2.45, 2.75) is 0 Å². The molecule has 1 aliphatic heterocycles. The highest BCUT2D eigenvalue weighted by Gasteiger charge is 2.15. The lowest BCUT2D eigenvalue weighted by molar-refractivity contribution is 0.123. The monoisotopic (exact) mass is 382 g/mol. The van der Waals surface area contributed by atoms with Crippen molar-refractivity contribution in [1.82, 2.24) is 15.2 Å². The maximum atomic E-state index is 5.92. The van der Waals surface area contributed by atoms with Crippen molar-refractivity contribution in [2.24, 2.45) is 0 Å². The molecule has 1 aromatic heterocycles. The molecule has 1 aliphatic rings. The quantitative estimate of drug-likeness (QED) is 0.694. The van der Waals surface area contributed by atoms with Gasteiger partial charge in [-0.15, -0.1) is 5.10 Å². The summed E-state index contributed by atoms with van der Waals surface area (Å²) in [7, 11) is 0. The van der Waals surface area contributed by atoms with Crippen LogP contribution < -0.4 is 15.5 Å². The summed E-state index contributed by atoms with van der Waals surface area (Å²) in [6.07, 6.45) is 1.58. The van der Waals surface area contributed by atoms with Crippen LogP contribution >= 0.6 is 11.6 Å². The minimum absolute atomic E-state index is 0.426. The summed E-state index contributed by atoms with van der Waals surface area (Å²) in [4.78, 5) is 6.79. The average molecular weight is 383 g/mol. The van der Waals surface area contributed by atoms with E-state index in [1.54, 1.807) is 6.20 Å². The summed E-state index contributed by atoms with van der Waals surface area (Å²) < 4.78 is 5.45. The molecule has 0 atom stereocenters. The van der Waals surface area contributed by atoms with E-state index < -0.39 is 0 Å². The zero-order valence-corrected chi connectivity index (χ0v) is 15.4. The fourth-order valence-corrected chi connectivity index (χ4v) is 3.00. The van der Waals surface area contributed by atoms with Crippen LogP contribution in [0.1, 0.15) is 0 Å². The summed E-state index contributed by atoms with van der Waals surface area (Å²) in [5.74, 6) is 1.02. The first kappa shape index (κ1) is 17.5. The molecule has 7 nitrogen and oxygen atoms in total. The fourth-order valence-electron chi connectivity index (χ4n) is 2.88. The molecule has 8 heteroatoms. The van der Waals surface area contributed by atoms with Crippen LogP contribution in [0.4, 0.5) is 28.8 Å². The number of para-hydroxylation sites is 2. The first-order chi connectivity index (χ1) is 13.3. The van der Waals surface area contributed by atoms with E-state index in [4.69, 9.17) is 16.3 Å². The second kappa shape index (κ2) is 8.20. The predicted octanol–water partition coefficient (Wildman–Crippen LogP) is 3.85. The second-order valence-corrected chi connectivity index (χ2v) is 6.48. The van der Waals surface area contributed by atoms with Gasteiger partial charge in [-0.1, -0.05) is 23.7 Å². The highest BCUT2D eigenvalue weighted by atomic mass is 35.5. The van der Waals surface area contributed by atoms with Gasteiger partial charge in [-0.25, -0.2) is 0 Å². The van der Waals surface area contributed by atoms with E-state index in [2.05, 4.69) is 36.8 Å². The Labute approximate surface area is 162 Å². The van der Waals surface area contributed by atoms with Crippen LogP contribution in [0.25, 0.3) is 0 Å². The molecule has 27 heavy (non-hydrogen) atoms. The molecular formula is C19H19ClN6O. The largest absolute Gasteiger partial charge is 0.378 e. The minimum atomic E-state index is 0.426. The van der Waals surface area contributed by atoms with E-state index >= 15 is 0 Å². The van der Waals surface area contributed by atoms with Crippen molar-refractivity contribution >= 4 is 40.4 Å². The maximum Gasteiger partial charge on any atom is 0.249 e. The van der Waals surface area contributed by atoms with Crippen molar-refractivity contribution in [2.75, 3.05) is 41.8 Å². The van der Waals surface area contributed by atoms with Gasteiger partial charge in [0, 0.05) is 23.8 Å². The molecule has 0 spiro atoms. The van der Waals surface area contributed by atoms with Gasteiger partial charge in [-0.2, -0.15) is 10.1 Å². The van der Waals surface area contributed by atoms with E-state index in [0.717, 1.165) is 43.4 Å². The van der Waals surface area contributed by atoms with Crippen molar-refractivity contribution in [1.29, 1.82) is 0 Å².